The number of hydrogen-bond donors (Lipinski definition) is 3. The Morgan fingerprint density at radius 1 is 1.14 bits per heavy atom. The average molecular weight is 400 g/mol. The smallest absolute Gasteiger partial charge is 0.323 e. The number of halogens is 2. The predicted molar refractivity (Wildman–Crippen MR) is 109 cm³/mol. The van der Waals surface area contributed by atoms with Crippen molar-refractivity contribution in [1.82, 2.24) is 15.0 Å². The lowest BCUT2D eigenvalue weighted by Gasteiger charge is -2.32. The number of aromatic amines is 1. The summed E-state index contributed by atoms with van der Waals surface area (Å²) in [5.74, 6) is -1.95. The number of anilines is 3. The zero-order valence-electron chi connectivity index (χ0n) is 16.2. The van der Waals surface area contributed by atoms with Crippen LogP contribution in [0.1, 0.15) is 24.0 Å². The highest BCUT2D eigenvalue weighted by molar-refractivity contribution is 6.06. The lowest BCUT2D eigenvalue weighted by atomic mass is 10.1. The van der Waals surface area contributed by atoms with Crippen molar-refractivity contribution >= 4 is 34.3 Å². The van der Waals surface area contributed by atoms with E-state index in [-0.39, 0.29) is 25.9 Å². The number of alkyl halides is 2. The molecule has 29 heavy (non-hydrogen) atoms. The zero-order valence-corrected chi connectivity index (χ0v) is 16.2. The molecule has 0 aliphatic carbocycles. The molecule has 1 aliphatic heterocycles. The van der Waals surface area contributed by atoms with Crippen LogP contribution in [0.25, 0.3) is 11.0 Å². The molecule has 1 aliphatic rings. The lowest BCUT2D eigenvalue weighted by Crippen LogP contribution is -2.39. The molecule has 3 aromatic heterocycles. The molecule has 1 saturated heterocycles. The molecule has 0 aromatic carbocycles. The lowest BCUT2D eigenvalue weighted by molar-refractivity contribution is -0.0221. The van der Waals surface area contributed by atoms with Crippen LogP contribution in [0.2, 0.25) is 0 Å². The minimum Gasteiger partial charge on any atom is -0.356 e. The maximum atomic E-state index is 13.4. The van der Waals surface area contributed by atoms with Gasteiger partial charge in [0.1, 0.15) is 11.5 Å². The number of aryl methyl sites for hydroxylation is 2. The Morgan fingerprint density at radius 2 is 1.86 bits per heavy atom. The number of urea groups is 1. The van der Waals surface area contributed by atoms with Crippen LogP contribution >= 0.6 is 0 Å². The molecule has 0 unspecified atom stereocenters. The summed E-state index contributed by atoms with van der Waals surface area (Å²) in [6, 6.07) is 3.28. The van der Waals surface area contributed by atoms with Crippen molar-refractivity contribution in [1.29, 1.82) is 0 Å². The summed E-state index contributed by atoms with van der Waals surface area (Å²) in [5.41, 5.74) is 3.71. The summed E-state index contributed by atoms with van der Waals surface area (Å²) in [5, 5.41) is 6.47. The summed E-state index contributed by atoms with van der Waals surface area (Å²) in [7, 11) is 0. The van der Waals surface area contributed by atoms with Gasteiger partial charge in [0, 0.05) is 43.7 Å². The van der Waals surface area contributed by atoms with Crippen LogP contribution in [0, 0.1) is 13.8 Å². The zero-order chi connectivity index (χ0) is 20.6. The molecule has 4 rings (SSSR count). The van der Waals surface area contributed by atoms with Crippen LogP contribution in [-0.4, -0.2) is 40.0 Å². The maximum Gasteiger partial charge on any atom is 0.323 e. The molecule has 9 heteroatoms. The standard InChI is InChI=1S/C20H22F2N6O/c1-12-3-6-23-18-17(12)15(11-25-18)27-19(29)26-14-10-24-16(9-13(14)2)28-7-4-20(21,22)5-8-28/h3,6,9-11H,4-5,7-8H2,1-2H3,(H,23,25)(H2,26,27,29). The molecule has 152 valence electrons. The molecule has 0 atom stereocenters. The minimum absolute atomic E-state index is 0.172. The number of amides is 2. The van der Waals surface area contributed by atoms with Crippen molar-refractivity contribution in [3.63, 3.8) is 0 Å². The minimum atomic E-state index is -2.60. The van der Waals surface area contributed by atoms with Gasteiger partial charge in [0.2, 0.25) is 0 Å². The number of carbonyl (C=O) groups excluding carboxylic acids is 1. The average Bonchev–Trinajstić information content (AvgIpc) is 3.07. The summed E-state index contributed by atoms with van der Waals surface area (Å²) in [6.45, 7) is 4.32. The molecular formula is C20H22F2N6O. The van der Waals surface area contributed by atoms with Crippen molar-refractivity contribution in [2.24, 2.45) is 0 Å². The van der Waals surface area contributed by atoms with Crippen LogP contribution in [0.4, 0.5) is 30.8 Å². The molecule has 0 spiro atoms. The fraction of sp³-hybridized carbons (Fsp3) is 0.350. The van der Waals surface area contributed by atoms with E-state index in [9.17, 15) is 13.6 Å². The maximum absolute atomic E-state index is 13.4. The monoisotopic (exact) mass is 400 g/mol. The van der Waals surface area contributed by atoms with Crippen LogP contribution in [0.15, 0.2) is 30.7 Å². The van der Waals surface area contributed by atoms with Gasteiger partial charge in [-0.1, -0.05) is 0 Å². The summed E-state index contributed by atoms with van der Waals surface area (Å²) in [4.78, 5) is 25.9. The number of carbonyl (C=O) groups is 1. The number of hydrogen-bond acceptors (Lipinski definition) is 4. The molecule has 0 bridgehead atoms. The SMILES string of the molecule is Cc1cc(N2CCC(F)(F)CC2)ncc1NC(=O)Nc1c[nH]c2nccc(C)c12. The molecule has 1 fully saturated rings. The number of piperidine rings is 1. The fourth-order valence-corrected chi connectivity index (χ4v) is 3.50. The third-order valence-electron chi connectivity index (χ3n) is 5.19. The number of nitrogens with one attached hydrogen (secondary N) is 3. The Hall–Kier alpha value is -3.23. The number of fused-ring (bicyclic) bond motifs is 1. The molecule has 4 heterocycles. The number of pyridine rings is 2. The molecule has 0 radical (unpaired) electrons. The normalized spacial score (nSPS) is 16.1. The Balaban J connectivity index is 1.44. The van der Waals surface area contributed by atoms with E-state index in [4.69, 9.17) is 0 Å². The third-order valence-corrected chi connectivity index (χ3v) is 5.19. The number of nitrogens with zero attached hydrogens (tertiary/aromatic N) is 3. The van der Waals surface area contributed by atoms with Crippen LogP contribution in [0.5, 0.6) is 0 Å². The van der Waals surface area contributed by atoms with E-state index in [1.54, 1.807) is 24.7 Å². The molecule has 0 saturated carbocycles. The third kappa shape index (κ3) is 3.98. The van der Waals surface area contributed by atoms with Gasteiger partial charge < -0.3 is 20.5 Å². The van der Waals surface area contributed by atoms with Crippen LogP contribution in [-0.2, 0) is 0 Å². The van der Waals surface area contributed by atoms with E-state index < -0.39 is 12.0 Å². The van der Waals surface area contributed by atoms with Gasteiger partial charge >= 0.3 is 6.03 Å². The second-order valence-corrected chi connectivity index (χ2v) is 7.33. The summed E-state index contributed by atoms with van der Waals surface area (Å²) < 4.78 is 26.7. The van der Waals surface area contributed by atoms with Crippen LogP contribution < -0.4 is 15.5 Å². The first-order chi connectivity index (χ1) is 13.8. The Bertz CT molecular complexity index is 1050. The van der Waals surface area contributed by atoms with E-state index in [0.717, 1.165) is 16.5 Å². The van der Waals surface area contributed by atoms with Gasteiger partial charge in [0.15, 0.2) is 0 Å². The van der Waals surface area contributed by atoms with Gasteiger partial charge in [-0.3, -0.25) is 0 Å². The highest BCUT2D eigenvalue weighted by atomic mass is 19.3. The van der Waals surface area contributed by atoms with Crippen molar-refractivity contribution in [2.75, 3.05) is 28.6 Å². The first-order valence-electron chi connectivity index (χ1n) is 9.42. The van der Waals surface area contributed by atoms with Crippen molar-refractivity contribution in [3.8, 4) is 0 Å². The van der Waals surface area contributed by atoms with Gasteiger partial charge in [-0.05, 0) is 37.1 Å². The quantitative estimate of drug-likeness (QED) is 0.606. The molecule has 3 aromatic rings. The first kappa shape index (κ1) is 19.1. The van der Waals surface area contributed by atoms with Gasteiger partial charge in [0.05, 0.1) is 17.6 Å². The number of H-pyrrole nitrogens is 1. The van der Waals surface area contributed by atoms with Crippen molar-refractivity contribution < 1.29 is 13.6 Å². The Morgan fingerprint density at radius 3 is 2.59 bits per heavy atom. The topological polar surface area (TPSA) is 85.9 Å². The largest absolute Gasteiger partial charge is 0.356 e. The molecular weight excluding hydrogens is 378 g/mol. The number of aromatic nitrogens is 3. The second-order valence-electron chi connectivity index (χ2n) is 7.33. The van der Waals surface area contributed by atoms with E-state index in [0.29, 0.717) is 22.8 Å². The van der Waals surface area contributed by atoms with Crippen molar-refractivity contribution in [2.45, 2.75) is 32.6 Å². The van der Waals surface area contributed by atoms with E-state index in [1.807, 2.05) is 24.8 Å². The Kier molecular flexibility index (Phi) is 4.81. The summed E-state index contributed by atoms with van der Waals surface area (Å²) in [6.07, 6.45) is 4.62. The van der Waals surface area contributed by atoms with E-state index >= 15 is 0 Å². The van der Waals surface area contributed by atoms with Crippen molar-refractivity contribution in [3.05, 3.63) is 41.9 Å². The molecule has 7 nitrogen and oxygen atoms in total. The fourth-order valence-electron chi connectivity index (χ4n) is 3.50. The van der Waals surface area contributed by atoms with Crippen LogP contribution in [0.3, 0.4) is 0 Å². The van der Waals surface area contributed by atoms with Gasteiger partial charge in [-0.25, -0.2) is 23.5 Å². The van der Waals surface area contributed by atoms with Gasteiger partial charge in [-0.2, -0.15) is 0 Å². The van der Waals surface area contributed by atoms with E-state index in [2.05, 4.69) is 25.6 Å². The molecule has 2 amide bonds. The molecule has 3 N–H and O–H groups in total. The highest BCUT2D eigenvalue weighted by Crippen LogP contribution is 2.31. The Labute approximate surface area is 166 Å². The van der Waals surface area contributed by atoms with Gasteiger partial charge in [0.25, 0.3) is 5.92 Å². The summed E-state index contributed by atoms with van der Waals surface area (Å²) >= 11 is 0. The highest BCUT2D eigenvalue weighted by Gasteiger charge is 2.34. The van der Waals surface area contributed by atoms with E-state index in [1.165, 1.54) is 0 Å². The first-order valence-corrected chi connectivity index (χ1v) is 9.42. The number of rotatable bonds is 3. The predicted octanol–water partition coefficient (Wildman–Crippen LogP) is 4.45. The van der Waals surface area contributed by atoms with Gasteiger partial charge in [-0.15, -0.1) is 0 Å². The second kappa shape index (κ2) is 7.31.